The molecule has 0 heterocycles. The zero-order chi connectivity index (χ0) is 9.68. The Hall–Kier alpha value is -1.47. The molecule has 3 heteroatoms. The van der Waals surface area contributed by atoms with Crippen molar-refractivity contribution in [3.05, 3.63) is 39.8 Å². The molecule has 0 aliphatic rings. The molecule has 0 unspecified atom stereocenters. The van der Waals surface area contributed by atoms with E-state index in [2.05, 4.69) is 10.0 Å². The van der Waals surface area contributed by atoms with Crippen molar-refractivity contribution in [3.8, 4) is 0 Å². The Morgan fingerprint density at radius 3 is 3.08 bits per heavy atom. The summed E-state index contributed by atoms with van der Waals surface area (Å²) in [4.78, 5) is 2.75. The maximum atomic E-state index is 8.29. The summed E-state index contributed by atoms with van der Waals surface area (Å²) in [6.07, 6.45) is 0.822. The average molecular weight is 162 g/mol. The van der Waals surface area contributed by atoms with Crippen LogP contribution in [0.2, 0.25) is 0 Å². The zero-order valence-electron chi connectivity index (χ0n) is 7.99. The van der Waals surface area contributed by atoms with Crippen molar-refractivity contribution in [2.45, 2.75) is 20.2 Å². The molecule has 0 bridgehead atoms. The highest BCUT2D eigenvalue weighted by Crippen LogP contribution is 2.20. The Labute approximate surface area is 73.1 Å². The van der Waals surface area contributed by atoms with Crippen LogP contribution in [0.25, 0.3) is 10.4 Å². The van der Waals surface area contributed by atoms with Crippen LogP contribution < -0.4 is 0 Å². The van der Waals surface area contributed by atoms with Crippen LogP contribution in [-0.4, -0.2) is 0 Å². The highest BCUT2D eigenvalue weighted by Gasteiger charge is 1.97. The van der Waals surface area contributed by atoms with Gasteiger partial charge < -0.3 is 0 Å². The lowest BCUT2D eigenvalue weighted by Crippen LogP contribution is -1.81. The normalized spacial score (nSPS) is 10.2. The van der Waals surface area contributed by atoms with Crippen molar-refractivity contribution < 1.29 is 1.37 Å². The molecule has 0 atom stereocenters. The van der Waals surface area contributed by atoms with Crippen LogP contribution in [0, 0.1) is 6.90 Å². The number of azide groups is 1. The SMILES string of the molecule is [2H]Cc1ccc(N=[N+]=[N-])c(CC)c1. The van der Waals surface area contributed by atoms with Gasteiger partial charge in [0.05, 0.1) is 0 Å². The van der Waals surface area contributed by atoms with Crippen molar-refractivity contribution in [2.24, 2.45) is 5.11 Å². The first-order chi connectivity index (χ1) is 6.31. The third-order valence-electron chi connectivity index (χ3n) is 1.68. The Bertz CT molecular complexity index is 343. The van der Waals surface area contributed by atoms with Crippen molar-refractivity contribution in [1.82, 2.24) is 0 Å². The fraction of sp³-hybridized carbons (Fsp3) is 0.333. The van der Waals surface area contributed by atoms with Gasteiger partial charge in [0, 0.05) is 12.0 Å². The third-order valence-corrected chi connectivity index (χ3v) is 1.68. The van der Waals surface area contributed by atoms with E-state index in [9.17, 15) is 0 Å². The Morgan fingerprint density at radius 2 is 2.50 bits per heavy atom. The minimum Gasteiger partial charge on any atom is -0.0613 e. The summed E-state index contributed by atoms with van der Waals surface area (Å²) in [7, 11) is 0. The average Bonchev–Trinajstić information content (AvgIpc) is 2.19. The summed E-state index contributed by atoms with van der Waals surface area (Å²) < 4.78 is 7.18. The molecule has 0 saturated heterocycles. The van der Waals surface area contributed by atoms with Crippen LogP contribution in [0.4, 0.5) is 5.69 Å². The van der Waals surface area contributed by atoms with Crippen molar-refractivity contribution in [2.75, 3.05) is 0 Å². The fourth-order valence-corrected chi connectivity index (χ4v) is 1.07. The number of hydrogen-bond acceptors (Lipinski definition) is 1. The molecule has 0 amide bonds. The lowest BCUT2D eigenvalue weighted by atomic mass is 10.1. The molecule has 62 valence electrons. The quantitative estimate of drug-likeness (QED) is 0.363. The van der Waals surface area contributed by atoms with Gasteiger partial charge in [0.2, 0.25) is 0 Å². The minimum absolute atomic E-state index is 0.267. The third kappa shape index (κ3) is 1.77. The van der Waals surface area contributed by atoms with E-state index in [1.54, 1.807) is 6.07 Å². The molecular weight excluding hydrogens is 150 g/mol. The van der Waals surface area contributed by atoms with Gasteiger partial charge in [-0.05, 0) is 24.4 Å². The summed E-state index contributed by atoms with van der Waals surface area (Å²) in [6.45, 7) is 2.27. The summed E-state index contributed by atoms with van der Waals surface area (Å²) >= 11 is 0. The van der Waals surface area contributed by atoms with Crippen LogP contribution in [0.15, 0.2) is 23.3 Å². The van der Waals surface area contributed by atoms with Crippen LogP contribution >= 0.6 is 0 Å². The van der Waals surface area contributed by atoms with Crippen molar-refractivity contribution in [1.29, 1.82) is 0 Å². The monoisotopic (exact) mass is 162 g/mol. The van der Waals surface area contributed by atoms with Crippen LogP contribution in [-0.2, 0) is 6.42 Å². The van der Waals surface area contributed by atoms with E-state index in [1.165, 1.54) is 0 Å². The molecule has 12 heavy (non-hydrogen) atoms. The maximum absolute atomic E-state index is 8.29. The molecule has 0 fully saturated rings. The molecule has 0 spiro atoms. The van der Waals surface area contributed by atoms with Crippen LogP contribution in [0.5, 0.6) is 0 Å². The zero-order valence-corrected chi connectivity index (χ0v) is 6.99. The first kappa shape index (κ1) is 7.19. The number of benzene rings is 1. The molecule has 1 aromatic carbocycles. The number of hydrogen-bond donors (Lipinski definition) is 0. The predicted molar refractivity (Wildman–Crippen MR) is 49.4 cm³/mol. The van der Waals surface area contributed by atoms with Gasteiger partial charge in [-0.15, -0.1) is 0 Å². The summed E-state index contributed by atoms with van der Waals surface area (Å²) in [5.41, 5.74) is 10.9. The van der Waals surface area contributed by atoms with Crippen molar-refractivity contribution in [3.63, 3.8) is 0 Å². The second-order valence-corrected chi connectivity index (χ2v) is 2.51. The molecule has 0 N–H and O–H groups in total. The van der Waals surface area contributed by atoms with E-state index in [4.69, 9.17) is 6.90 Å². The lowest BCUT2D eigenvalue weighted by molar-refractivity contribution is 1.12. The highest BCUT2D eigenvalue weighted by atomic mass is 15.1. The van der Waals surface area contributed by atoms with E-state index < -0.39 is 0 Å². The molecule has 0 aromatic heterocycles. The molecule has 1 rings (SSSR count). The van der Waals surface area contributed by atoms with Crippen LogP contribution in [0.3, 0.4) is 0 Å². The largest absolute Gasteiger partial charge is 0.0613 e. The first-order valence-corrected chi connectivity index (χ1v) is 3.78. The fourth-order valence-electron chi connectivity index (χ4n) is 1.07. The van der Waals surface area contributed by atoms with E-state index in [0.29, 0.717) is 5.69 Å². The maximum Gasteiger partial charge on any atom is 0.0407 e. The Balaban J connectivity index is 3.15. The molecule has 0 aliphatic carbocycles. The molecule has 1 aromatic rings. The minimum atomic E-state index is 0.267. The number of nitrogens with zero attached hydrogens (tertiary/aromatic N) is 3. The second-order valence-electron chi connectivity index (χ2n) is 2.51. The highest BCUT2D eigenvalue weighted by molar-refractivity contribution is 5.47. The smallest absolute Gasteiger partial charge is 0.0407 e. The van der Waals surface area contributed by atoms with Gasteiger partial charge in [-0.25, -0.2) is 0 Å². The van der Waals surface area contributed by atoms with Gasteiger partial charge in [-0.2, -0.15) is 0 Å². The Kier molecular flexibility index (Phi) is 2.27. The number of aryl methyl sites for hydroxylation is 2. The summed E-state index contributed by atoms with van der Waals surface area (Å²) in [5.74, 6) is 0. The lowest BCUT2D eigenvalue weighted by Gasteiger charge is -2.02. The van der Waals surface area contributed by atoms with E-state index in [-0.39, 0.29) is 6.90 Å². The van der Waals surface area contributed by atoms with E-state index in [0.717, 1.165) is 17.5 Å². The molecule has 0 aliphatic heterocycles. The summed E-state index contributed by atoms with van der Waals surface area (Å²) in [6, 6.07) is 5.50. The Morgan fingerprint density at radius 1 is 1.67 bits per heavy atom. The number of rotatable bonds is 2. The van der Waals surface area contributed by atoms with E-state index >= 15 is 0 Å². The van der Waals surface area contributed by atoms with Gasteiger partial charge in [0.1, 0.15) is 0 Å². The van der Waals surface area contributed by atoms with E-state index in [1.807, 2.05) is 19.1 Å². The first-order valence-electron chi connectivity index (χ1n) is 4.48. The van der Waals surface area contributed by atoms with Gasteiger partial charge in [-0.1, -0.05) is 35.8 Å². The van der Waals surface area contributed by atoms with Gasteiger partial charge in [0.25, 0.3) is 0 Å². The van der Waals surface area contributed by atoms with Crippen molar-refractivity contribution >= 4 is 5.69 Å². The van der Waals surface area contributed by atoms with Crippen LogP contribution in [0.1, 0.15) is 19.4 Å². The standard InChI is InChI=1S/C9H11N3/c1-3-8-6-7(2)4-5-9(8)11-12-10/h4-6H,3H2,1-2H3/i2D. The predicted octanol–water partition coefficient (Wildman–Crippen LogP) is 3.50. The van der Waals surface area contributed by atoms with Gasteiger partial charge in [0.15, 0.2) is 0 Å². The molecule has 0 saturated carbocycles. The second kappa shape index (κ2) is 3.79. The molecule has 0 radical (unpaired) electrons. The van der Waals surface area contributed by atoms with Gasteiger partial charge >= 0.3 is 0 Å². The topological polar surface area (TPSA) is 48.8 Å². The molecule has 3 nitrogen and oxygen atoms in total. The summed E-state index contributed by atoms with van der Waals surface area (Å²) in [5, 5.41) is 3.57. The molecular formula is C9H11N3. The van der Waals surface area contributed by atoms with Gasteiger partial charge in [-0.3, -0.25) is 0 Å².